The third kappa shape index (κ3) is 5.11. The van der Waals surface area contributed by atoms with Crippen molar-refractivity contribution < 1.29 is 19.4 Å². The van der Waals surface area contributed by atoms with Crippen LogP contribution in [-0.4, -0.2) is 23.2 Å². The van der Waals surface area contributed by atoms with E-state index in [1.807, 2.05) is 54.6 Å². The largest absolute Gasteiger partial charge is 0.507 e. The van der Waals surface area contributed by atoms with Crippen molar-refractivity contribution in [1.29, 1.82) is 0 Å². The summed E-state index contributed by atoms with van der Waals surface area (Å²) < 4.78 is 5.66. The average molecular weight is 529 g/mol. The van der Waals surface area contributed by atoms with Gasteiger partial charge in [-0.3, -0.25) is 4.79 Å². The van der Waals surface area contributed by atoms with Gasteiger partial charge in [0.1, 0.15) is 11.5 Å². The van der Waals surface area contributed by atoms with Crippen LogP contribution in [0.5, 0.6) is 11.5 Å². The minimum Gasteiger partial charge on any atom is -0.507 e. The minimum absolute atomic E-state index is 0.0813. The van der Waals surface area contributed by atoms with Crippen LogP contribution in [0.15, 0.2) is 96.1 Å². The van der Waals surface area contributed by atoms with Crippen LogP contribution >= 0.6 is 23.2 Å². The number of nitrogens with one attached hydrogen (secondary N) is 1. The molecule has 0 aromatic heterocycles. The molecule has 0 aliphatic carbocycles. The normalized spacial score (nSPS) is 11.2. The van der Waals surface area contributed by atoms with Crippen molar-refractivity contribution in [3.8, 4) is 11.5 Å². The first kappa shape index (κ1) is 24.3. The molecule has 0 saturated carbocycles. The van der Waals surface area contributed by atoms with Crippen molar-refractivity contribution in [3.05, 3.63) is 118 Å². The molecule has 0 aliphatic heterocycles. The summed E-state index contributed by atoms with van der Waals surface area (Å²) in [7, 11) is 0. The Kier molecular flexibility index (Phi) is 6.77. The van der Waals surface area contributed by atoms with Crippen LogP contribution in [0, 0.1) is 0 Å². The third-order valence-electron chi connectivity index (χ3n) is 5.75. The molecule has 0 unspecified atom stereocenters. The Labute approximate surface area is 221 Å². The van der Waals surface area contributed by atoms with E-state index in [9.17, 15) is 14.7 Å². The van der Waals surface area contributed by atoms with Crippen molar-refractivity contribution in [2.24, 2.45) is 5.10 Å². The number of aromatic hydroxyl groups is 1. The molecule has 0 bridgehead atoms. The molecule has 37 heavy (non-hydrogen) atoms. The number of rotatable bonds is 5. The topological polar surface area (TPSA) is 88.0 Å². The highest BCUT2D eigenvalue weighted by atomic mass is 35.5. The maximum Gasteiger partial charge on any atom is 0.345 e. The van der Waals surface area contributed by atoms with E-state index in [1.165, 1.54) is 24.4 Å². The number of fused-ring (bicyclic) bond motifs is 2. The number of hydrogen-bond acceptors (Lipinski definition) is 5. The summed E-state index contributed by atoms with van der Waals surface area (Å²) in [5, 5.41) is 18.2. The highest BCUT2D eigenvalue weighted by Crippen LogP contribution is 2.29. The zero-order chi connectivity index (χ0) is 25.9. The third-order valence-corrected chi connectivity index (χ3v) is 6.30. The average Bonchev–Trinajstić information content (AvgIpc) is 2.89. The maximum absolute atomic E-state index is 12.9. The lowest BCUT2D eigenvalue weighted by Crippen LogP contribution is -2.18. The van der Waals surface area contributed by atoms with Gasteiger partial charge in [0.2, 0.25) is 0 Å². The van der Waals surface area contributed by atoms with Gasteiger partial charge in [0, 0.05) is 10.6 Å². The van der Waals surface area contributed by atoms with Crippen LogP contribution in [-0.2, 0) is 0 Å². The molecular formula is C29H18Cl2N2O4. The van der Waals surface area contributed by atoms with Crippen molar-refractivity contribution in [3.63, 3.8) is 0 Å². The zero-order valence-electron chi connectivity index (χ0n) is 19.1. The van der Waals surface area contributed by atoms with Crippen LogP contribution in [0.2, 0.25) is 10.0 Å². The van der Waals surface area contributed by atoms with Crippen molar-refractivity contribution in [2.75, 3.05) is 0 Å². The van der Waals surface area contributed by atoms with Crippen LogP contribution in [0.25, 0.3) is 21.5 Å². The predicted octanol–water partition coefficient (Wildman–Crippen LogP) is 6.99. The van der Waals surface area contributed by atoms with E-state index in [2.05, 4.69) is 10.5 Å². The van der Waals surface area contributed by atoms with Gasteiger partial charge in [-0.25, -0.2) is 10.2 Å². The number of esters is 1. The standard InChI is InChI=1S/C29H18Cl2N2O4/c30-20-10-11-22(25(31)15-20)29(36)37-27-12-9-17-5-3-4-8-21(17)24(27)16-32-33-28(35)23-13-18-6-1-2-7-19(18)14-26(23)34/h1-16,34H,(H,33,35)/b32-16+. The zero-order valence-corrected chi connectivity index (χ0v) is 20.6. The number of ether oxygens (including phenoxy) is 1. The van der Waals surface area contributed by atoms with E-state index in [0.717, 1.165) is 21.5 Å². The molecular weight excluding hydrogens is 511 g/mol. The van der Waals surface area contributed by atoms with Gasteiger partial charge in [-0.15, -0.1) is 0 Å². The molecule has 182 valence electrons. The number of hydrazone groups is 1. The van der Waals surface area contributed by atoms with E-state index in [-0.39, 0.29) is 27.6 Å². The molecule has 0 saturated heterocycles. The van der Waals surface area contributed by atoms with Gasteiger partial charge in [-0.1, -0.05) is 77.8 Å². The highest BCUT2D eigenvalue weighted by molar-refractivity contribution is 6.36. The van der Waals surface area contributed by atoms with Crippen molar-refractivity contribution in [1.82, 2.24) is 5.43 Å². The second-order valence-electron chi connectivity index (χ2n) is 8.13. The summed E-state index contributed by atoms with van der Waals surface area (Å²) in [5.41, 5.74) is 3.15. The molecule has 5 aromatic carbocycles. The van der Waals surface area contributed by atoms with Crippen LogP contribution in [0.3, 0.4) is 0 Å². The maximum atomic E-state index is 12.9. The minimum atomic E-state index is -0.670. The Bertz CT molecular complexity index is 1720. The van der Waals surface area contributed by atoms with Crippen molar-refractivity contribution in [2.45, 2.75) is 0 Å². The Morgan fingerprint density at radius 3 is 2.27 bits per heavy atom. The monoisotopic (exact) mass is 528 g/mol. The van der Waals surface area contributed by atoms with Gasteiger partial charge in [0.25, 0.3) is 5.91 Å². The molecule has 0 fully saturated rings. The number of hydrogen-bond donors (Lipinski definition) is 2. The lowest BCUT2D eigenvalue weighted by atomic mass is 10.0. The Hall–Kier alpha value is -4.39. The lowest BCUT2D eigenvalue weighted by Gasteiger charge is -2.11. The van der Waals surface area contributed by atoms with E-state index < -0.39 is 11.9 Å². The molecule has 6 nitrogen and oxygen atoms in total. The SMILES string of the molecule is O=C(N/N=C/c1c(OC(=O)c2ccc(Cl)cc2Cl)ccc2ccccc12)c1cc2ccccc2cc1O. The number of carbonyl (C=O) groups excluding carboxylic acids is 2. The first-order valence-corrected chi connectivity index (χ1v) is 11.9. The molecule has 1 amide bonds. The number of nitrogens with zero attached hydrogens (tertiary/aromatic N) is 1. The number of amides is 1. The summed E-state index contributed by atoms with van der Waals surface area (Å²) >= 11 is 12.1. The molecule has 2 N–H and O–H groups in total. The Balaban J connectivity index is 1.45. The lowest BCUT2D eigenvalue weighted by molar-refractivity contribution is 0.0734. The van der Waals surface area contributed by atoms with Gasteiger partial charge in [-0.2, -0.15) is 5.10 Å². The Morgan fingerprint density at radius 1 is 0.811 bits per heavy atom. The fourth-order valence-corrected chi connectivity index (χ4v) is 4.42. The quantitative estimate of drug-likeness (QED) is 0.111. The fourth-order valence-electron chi connectivity index (χ4n) is 3.93. The van der Waals surface area contributed by atoms with Crippen molar-refractivity contribution >= 4 is 62.8 Å². The van der Waals surface area contributed by atoms with Crippen LogP contribution in [0.1, 0.15) is 26.3 Å². The van der Waals surface area contributed by atoms with E-state index in [4.69, 9.17) is 27.9 Å². The predicted molar refractivity (Wildman–Crippen MR) is 146 cm³/mol. The Morgan fingerprint density at radius 2 is 1.51 bits per heavy atom. The summed E-state index contributed by atoms with van der Waals surface area (Å²) in [4.78, 5) is 25.6. The number of phenolic OH excluding ortho intramolecular Hbond substituents is 1. The van der Waals surface area contributed by atoms with Crippen LogP contribution < -0.4 is 10.2 Å². The smallest absolute Gasteiger partial charge is 0.345 e. The molecule has 0 spiro atoms. The van der Waals surface area contributed by atoms with E-state index >= 15 is 0 Å². The van der Waals surface area contributed by atoms with E-state index in [0.29, 0.717) is 10.6 Å². The molecule has 0 radical (unpaired) electrons. The van der Waals surface area contributed by atoms with Gasteiger partial charge in [-0.05, 0) is 57.9 Å². The van der Waals surface area contributed by atoms with Gasteiger partial charge in [0.05, 0.1) is 22.4 Å². The molecule has 8 heteroatoms. The first-order chi connectivity index (χ1) is 17.9. The van der Waals surface area contributed by atoms with Gasteiger partial charge < -0.3 is 9.84 Å². The van der Waals surface area contributed by atoms with E-state index in [1.54, 1.807) is 18.2 Å². The second-order valence-corrected chi connectivity index (χ2v) is 8.97. The van der Waals surface area contributed by atoms with Gasteiger partial charge >= 0.3 is 5.97 Å². The summed E-state index contributed by atoms with van der Waals surface area (Å²) in [6.07, 6.45) is 1.39. The number of carbonyl (C=O) groups is 2. The summed E-state index contributed by atoms with van der Waals surface area (Å²) in [6, 6.07) is 25.9. The second kappa shape index (κ2) is 10.3. The number of halogens is 2. The summed E-state index contributed by atoms with van der Waals surface area (Å²) in [5.74, 6) is -1.20. The van der Waals surface area contributed by atoms with Crippen LogP contribution in [0.4, 0.5) is 0 Å². The molecule has 0 atom stereocenters. The fraction of sp³-hybridized carbons (Fsp3) is 0. The first-order valence-electron chi connectivity index (χ1n) is 11.1. The highest BCUT2D eigenvalue weighted by Gasteiger charge is 2.17. The molecule has 5 aromatic rings. The molecule has 5 rings (SSSR count). The molecule has 0 aliphatic rings. The summed E-state index contributed by atoms with van der Waals surface area (Å²) in [6.45, 7) is 0. The van der Waals surface area contributed by atoms with Gasteiger partial charge in [0.15, 0.2) is 0 Å². The number of phenols is 1. The number of benzene rings is 5. The molecule has 0 heterocycles.